The maximum Gasteiger partial charge on any atom is 0.298 e. The lowest BCUT2D eigenvalue weighted by atomic mass is 10.0. The average molecular weight is 386 g/mol. The predicted molar refractivity (Wildman–Crippen MR) is 112 cm³/mol. The van der Waals surface area contributed by atoms with E-state index < -0.39 is 11.7 Å². The summed E-state index contributed by atoms with van der Waals surface area (Å²) in [5, 5.41) is 2.67. The fraction of sp³-hybridized carbons (Fsp3) is 0.0833. The molecule has 0 aliphatic carbocycles. The number of nitrogens with zero attached hydrogens (tertiary/aromatic N) is 1. The van der Waals surface area contributed by atoms with Crippen LogP contribution in [0.4, 0.5) is 10.1 Å². The summed E-state index contributed by atoms with van der Waals surface area (Å²) in [6.45, 7) is 2.05. The quantitative estimate of drug-likeness (QED) is 0.382. The summed E-state index contributed by atoms with van der Waals surface area (Å²) < 4.78 is 15.0. The third-order valence-corrected chi connectivity index (χ3v) is 4.88. The van der Waals surface area contributed by atoms with E-state index in [2.05, 4.69) is 5.32 Å². The molecule has 0 spiro atoms. The van der Waals surface area contributed by atoms with Crippen molar-refractivity contribution in [2.45, 2.75) is 13.3 Å². The van der Waals surface area contributed by atoms with Crippen LogP contribution in [0.5, 0.6) is 0 Å². The number of carbonyl (C=O) groups excluding carboxylic acids is 2. The van der Waals surface area contributed by atoms with Crippen LogP contribution in [-0.4, -0.2) is 16.1 Å². The Balaban J connectivity index is 1.73. The van der Waals surface area contributed by atoms with Gasteiger partial charge in [0.25, 0.3) is 11.7 Å². The molecule has 4 nitrogen and oxygen atoms in total. The first-order valence-corrected chi connectivity index (χ1v) is 9.37. The number of hydrogen-bond donors (Lipinski definition) is 1. The summed E-state index contributed by atoms with van der Waals surface area (Å²) in [4.78, 5) is 25.8. The van der Waals surface area contributed by atoms with Crippen molar-refractivity contribution < 1.29 is 14.0 Å². The monoisotopic (exact) mass is 386 g/mol. The second-order valence-electron chi connectivity index (χ2n) is 6.74. The number of rotatable bonds is 5. The first kappa shape index (κ1) is 18.6. The maximum atomic E-state index is 13.4. The third-order valence-electron chi connectivity index (χ3n) is 4.88. The van der Waals surface area contributed by atoms with E-state index in [9.17, 15) is 14.0 Å². The van der Waals surface area contributed by atoms with E-state index in [0.717, 1.165) is 17.5 Å². The topological polar surface area (TPSA) is 50.6 Å². The second kappa shape index (κ2) is 7.72. The Bertz CT molecular complexity index is 1190. The molecule has 1 N–H and O–H groups in total. The number of carbonyl (C=O) groups is 2. The van der Waals surface area contributed by atoms with E-state index in [0.29, 0.717) is 16.8 Å². The number of fused-ring (bicyclic) bond motifs is 1. The number of halogens is 1. The van der Waals surface area contributed by atoms with Gasteiger partial charge in [0, 0.05) is 23.0 Å². The molecule has 4 aromatic rings. The Kier molecular flexibility index (Phi) is 4.96. The van der Waals surface area contributed by atoms with Gasteiger partial charge in [0.15, 0.2) is 0 Å². The zero-order valence-corrected chi connectivity index (χ0v) is 15.9. The van der Waals surface area contributed by atoms with Crippen LogP contribution in [0.2, 0.25) is 0 Å². The molecule has 144 valence electrons. The number of hydrogen-bond acceptors (Lipinski definition) is 2. The van der Waals surface area contributed by atoms with Gasteiger partial charge in [0.2, 0.25) is 0 Å². The summed E-state index contributed by atoms with van der Waals surface area (Å²) in [7, 11) is 0. The number of ketones is 1. The number of nitrogens with one attached hydrogen (secondary N) is 1. The van der Waals surface area contributed by atoms with Crippen molar-refractivity contribution in [1.82, 2.24) is 4.40 Å². The first-order valence-electron chi connectivity index (χ1n) is 9.37. The molecule has 0 fully saturated rings. The number of aryl methyl sites for hydroxylation is 1. The lowest BCUT2D eigenvalue weighted by molar-refractivity contribution is -0.112. The minimum Gasteiger partial charge on any atom is -0.319 e. The summed E-state index contributed by atoms with van der Waals surface area (Å²) in [6, 6.07) is 20.6. The van der Waals surface area contributed by atoms with Crippen LogP contribution in [0.1, 0.15) is 23.0 Å². The van der Waals surface area contributed by atoms with E-state index in [1.54, 1.807) is 40.9 Å². The molecule has 0 aliphatic rings. The van der Waals surface area contributed by atoms with Gasteiger partial charge in [-0.15, -0.1) is 0 Å². The van der Waals surface area contributed by atoms with E-state index in [1.807, 2.05) is 37.3 Å². The van der Waals surface area contributed by atoms with Crippen molar-refractivity contribution in [3.05, 3.63) is 96.1 Å². The van der Waals surface area contributed by atoms with Crippen LogP contribution in [0.25, 0.3) is 16.6 Å². The molecule has 0 saturated heterocycles. The molecule has 0 unspecified atom stereocenters. The number of anilines is 1. The van der Waals surface area contributed by atoms with E-state index in [4.69, 9.17) is 0 Å². The normalized spacial score (nSPS) is 10.8. The van der Waals surface area contributed by atoms with Gasteiger partial charge in [-0.25, -0.2) is 4.39 Å². The molecule has 2 aromatic heterocycles. The number of amides is 1. The van der Waals surface area contributed by atoms with Crippen molar-refractivity contribution in [2.24, 2.45) is 0 Å². The molecule has 1 amide bonds. The van der Waals surface area contributed by atoms with Crippen LogP contribution < -0.4 is 5.32 Å². The summed E-state index contributed by atoms with van der Waals surface area (Å²) >= 11 is 0. The molecular weight excluding hydrogens is 367 g/mol. The molecule has 5 heteroatoms. The predicted octanol–water partition coefficient (Wildman–Crippen LogP) is 5.13. The molecule has 0 aliphatic heterocycles. The van der Waals surface area contributed by atoms with Crippen molar-refractivity contribution in [1.29, 1.82) is 0 Å². The molecule has 4 rings (SSSR count). The fourth-order valence-corrected chi connectivity index (χ4v) is 3.32. The van der Waals surface area contributed by atoms with Crippen LogP contribution >= 0.6 is 0 Å². The van der Waals surface area contributed by atoms with E-state index >= 15 is 0 Å². The van der Waals surface area contributed by atoms with Gasteiger partial charge in [-0.05, 0) is 60.0 Å². The fourth-order valence-electron chi connectivity index (χ4n) is 3.32. The average Bonchev–Trinajstić information content (AvgIpc) is 3.13. The minimum atomic E-state index is -0.721. The van der Waals surface area contributed by atoms with Crippen molar-refractivity contribution in [3.8, 4) is 11.1 Å². The molecule has 0 bridgehead atoms. The van der Waals surface area contributed by atoms with Gasteiger partial charge in [-0.1, -0.05) is 37.3 Å². The highest BCUT2D eigenvalue weighted by molar-refractivity contribution is 6.47. The zero-order chi connectivity index (χ0) is 20.4. The SMILES string of the molecule is CCc1ccc(NC(=O)C(=O)c2c(-c3ccc(F)cc3)cc3ccccn23)cc1. The minimum absolute atomic E-state index is 0.245. The van der Waals surface area contributed by atoms with Crippen molar-refractivity contribution >= 4 is 22.9 Å². The lowest BCUT2D eigenvalue weighted by Gasteiger charge is -2.08. The van der Waals surface area contributed by atoms with Crippen LogP contribution in [0.15, 0.2) is 79.0 Å². The van der Waals surface area contributed by atoms with Gasteiger partial charge < -0.3 is 9.72 Å². The van der Waals surface area contributed by atoms with E-state index in [-0.39, 0.29) is 11.5 Å². The molecule has 29 heavy (non-hydrogen) atoms. The van der Waals surface area contributed by atoms with Crippen molar-refractivity contribution in [2.75, 3.05) is 5.32 Å². The molecular formula is C24H19FN2O2. The van der Waals surface area contributed by atoms with Crippen LogP contribution in [0.3, 0.4) is 0 Å². The maximum absolute atomic E-state index is 13.4. The Morgan fingerprint density at radius 3 is 2.38 bits per heavy atom. The van der Waals surface area contributed by atoms with Gasteiger partial charge >= 0.3 is 0 Å². The highest BCUT2D eigenvalue weighted by Gasteiger charge is 2.24. The van der Waals surface area contributed by atoms with Gasteiger partial charge in [0.1, 0.15) is 11.5 Å². The molecule has 0 saturated carbocycles. The zero-order valence-electron chi connectivity index (χ0n) is 15.9. The second-order valence-corrected chi connectivity index (χ2v) is 6.74. The van der Waals surface area contributed by atoms with Gasteiger partial charge in [-0.3, -0.25) is 9.59 Å². The van der Waals surface area contributed by atoms with Gasteiger partial charge in [-0.2, -0.15) is 0 Å². The van der Waals surface area contributed by atoms with Gasteiger partial charge in [0.05, 0.1) is 0 Å². The Morgan fingerprint density at radius 2 is 1.69 bits per heavy atom. The molecule has 0 atom stereocenters. The molecule has 2 heterocycles. The number of benzene rings is 2. The smallest absolute Gasteiger partial charge is 0.298 e. The Labute approximate surface area is 167 Å². The highest BCUT2D eigenvalue weighted by Crippen LogP contribution is 2.29. The van der Waals surface area contributed by atoms with Crippen molar-refractivity contribution in [3.63, 3.8) is 0 Å². The largest absolute Gasteiger partial charge is 0.319 e. The van der Waals surface area contributed by atoms with Crippen LogP contribution in [-0.2, 0) is 11.2 Å². The lowest BCUT2D eigenvalue weighted by Crippen LogP contribution is -2.24. The number of pyridine rings is 1. The summed E-state index contributed by atoms with van der Waals surface area (Å²) in [6.07, 6.45) is 2.63. The highest BCUT2D eigenvalue weighted by atomic mass is 19.1. The Hall–Kier alpha value is -3.73. The molecule has 2 aromatic carbocycles. The third kappa shape index (κ3) is 3.67. The number of aromatic nitrogens is 1. The Morgan fingerprint density at radius 1 is 0.966 bits per heavy atom. The first-order chi connectivity index (χ1) is 14.1. The number of Topliss-reactive ketones (excluding diaryl/α,β-unsaturated/α-hetero) is 1. The standard InChI is InChI=1S/C24H19FN2O2/c1-2-16-6-12-19(13-7-16)26-24(29)23(28)22-21(17-8-10-18(25)11-9-17)15-20-5-3-4-14-27(20)22/h3-15H,2H2,1H3,(H,26,29). The van der Waals surface area contributed by atoms with E-state index in [1.165, 1.54) is 12.1 Å². The van der Waals surface area contributed by atoms with Crippen LogP contribution in [0, 0.1) is 5.82 Å². The summed E-state index contributed by atoms with van der Waals surface area (Å²) in [5.41, 5.74) is 3.97. The summed E-state index contributed by atoms with van der Waals surface area (Å²) in [5.74, 6) is -1.74. The molecule has 0 radical (unpaired) electrons.